The number of benzene rings is 1. The van der Waals surface area contributed by atoms with E-state index in [1.54, 1.807) is 12.4 Å². The molecule has 144 valence electrons. The molecule has 0 spiro atoms. The highest BCUT2D eigenvalue weighted by Crippen LogP contribution is 2.34. The fraction of sp³-hybridized carbons (Fsp3) is 0.318. The SMILES string of the molecule is CN(C)CCCn1cc(-c2ccc3c(c2)CC/C3=N\O)c(-c2ccncc2)n1. The Morgan fingerprint density at radius 3 is 2.64 bits per heavy atom. The smallest absolute Gasteiger partial charge is 0.100 e. The first kappa shape index (κ1) is 18.4. The van der Waals surface area contributed by atoms with Crippen LogP contribution >= 0.6 is 0 Å². The van der Waals surface area contributed by atoms with E-state index in [1.165, 1.54) is 5.56 Å². The van der Waals surface area contributed by atoms with Gasteiger partial charge in [-0.2, -0.15) is 5.10 Å². The minimum absolute atomic E-state index is 0.773. The van der Waals surface area contributed by atoms with Crippen LogP contribution in [0.3, 0.4) is 0 Å². The highest BCUT2D eigenvalue weighted by Gasteiger charge is 2.20. The fourth-order valence-electron chi connectivity index (χ4n) is 3.76. The first-order valence-corrected chi connectivity index (χ1v) is 9.63. The average molecular weight is 375 g/mol. The number of rotatable bonds is 6. The zero-order chi connectivity index (χ0) is 19.5. The van der Waals surface area contributed by atoms with Crippen molar-refractivity contribution in [2.75, 3.05) is 20.6 Å². The predicted molar refractivity (Wildman–Crippen MR) is 111 cm³/mol. The van der Waals surface area contributed by atoms with Crippen molar-refractivity contribution >= 4 is 5.71 Å². The van der Waals surface area contributed by atoms with E-state index in [9.17, 15) is 5.21 Å². The Morgan fingerprint density at radius 2 is 1.89 bits per heavy atom. The van der Waals surface area contributed by atoms with Gasteiger partial charge in [0.25, 0.3) is 0 Å². The van der Waals surface area contributed by atoms with Gasteiger partial charge in [-0.15, -0.1) is 0 Å². The zero-order valence-electron chi connectivity index (χ0n) is 16.3. The summed E-state index contributed by atoms with van der Waals surface area (Å²) in [6.45, 7) is 1.91. The molecule has 28 heavy (non-hydrogen) atoms. The molecule has 0 fully saturated rings. The highest BCUT2D eigenvalue weighted by atomic mass is 16.4. The van der Waals surface area contributed by atoms with E-state index in [-0.39, 0.29) is 0 Å². The number of hydrogen-bond donors (Lipinski definition) is 1. The van der Waals surface area contributed by atoms with Gasteiger partial charge in [-0.25, -0.2) is 0 Å². The summed E-state index contributed by atoms with van der Waals surface area (Å²) in [7, 11) is 4.18. The van der Waals surface area contributed by atoms with Gasteiger partial charge in [0.1, 0.15) is 5.69 Å². The Hall–Kier alpha value is -2.99. The monoisotopic (exact) mass is 375 g/mol. The summed E-state index contributed by atoms with van der Waals surface area (Å²) in [6.07, 6.45) is 8.49. The van der Waals surface area contributed by atoms with Crippen LogP contribution < -0.4 is 0 Å². The molecule has 0 unspecified atom stereocenters. The van der Waals surface area contributed by atoms with Crippen LogP contribution in [-0.2, 0) is 13.0 Å². The molecule has 1 aromatic carbocycles. The number of pyridine rings is 1. The van der Waals surface area contributed by atoms with Crippen LogP contribution in [0.5, 0.6) is 0 Å². The van der Waals surface area contributed by atoms with Crippen molar-refractivity contribution in [3.05, 3.63) is 60.0 Å². The molecule has 0 atom stereocenters. The Morgan fingerprint density at radius 1 is 1.07 bits per heavy atom. The van der Waals surface area contributed by atoms with Crippen molar-refractivity contribution in [2.45, 2.75) is 25.8 Å². The van der Waals surface area contributed by atoms with Crippen molar-refractivity contribution < 1.29 is 5.21 Å². The van der Waals surface area contributed by atoms with E-state index >= 15 is 0 Å². The third kappa shape index (κ3) is 3.68. The maximum absolute atomic E-state index is 9.18. The molecule has 0 amide bonds. The molecule has 0 saturated carbocycles. The van der Waals surface area contributed by atoms with Gasteiger partial charge in [-0.05, 0) is 63.2 Å². The van der Waals surface area contributed by atoms with Crippen LogP contribution in [0.4, 0.5) is 0 Å². The molecular formula is C22H25N5O. The van der Waals surface area contributed by atoms with Gasteiger partial charge in [0.05, 0.1) is 5.71 Å². The lowest BCUT2D eigenvalue weighted by Gasteiger charge is -2.08. The first-order chi connectivity index (χ1) is 13.7. The van der Waals surface area contributed by atoms with Crippen molar-refractivity contribution in [1.29, 1.82) is 0 Å². The van der Waals surface area contributed by atoms with Crippen LogP contribution in [-0.4, -0.2) is 51.2 Å². The molecule has 0 aliphatic heterocycles. The molecule has 3 aromatic rings. The van der Waals surface area contributed by atoms with Gasteiger partial charge in [-0.3, -0.25) is 9.67 Å². The van der Waals surface area contributed by atoms with Gasteiger partial charge in [-0.1, -0.05) is 23.4 Å². The van der Waals surface area contributed by atoms with Crippen molar-refractivity contribution in [1.82, 2.24) is 19.7 Å². The Bertz CT molecular complexity index is 991. The number of aromatic nitrogens is 3. The summed E-state index contributed by atoms with van der Waals surface area (Å²) in [5.74, 6) is 0. The lowest BCUT2D eigenvalue weighted by molar-refractivity contribution is 0.318. The Balaban J connectivity index is 1.72. The zero-order valence-corrected chi connectivity index (χ0v) is 16.3. The second-order valence-corrected chi connectivity index (χ2v) is 7.47. The van der Waals surface area contributed by atoms with Crippen LogP contribution in [0.25, 0.3) is 22.4 Å². The lowest BCUT2D eigenvalue weighted by atomic mass is 9.98. The summed E-state index contributed by atoms with van der Waals surface area (Å²) in [5, 5.41) is 17.5. The van der Waals surface area contributed by atoms with Crippen LogP contribution in [0.2, 0.25) is 0 Å². The van der Waals surface area contributed by atoms with Crippen molar-refractivity contribution in [2.24, 2.45) is 5.16 Å². The molecule has 0 saturated heterocycles. The van der Waals surface area contributed by atoms with Crippen LogP contribution in [0.1, 0.15) is 24.0 Å². The molecule has 2 heterocycles. The third-order valence-electron chi connectivity index (χ3n) is 5.19. The fourth-order valence-corrected chi connectivity index (χ4v) is 3.76. The maximum atomic E-state index is 9.18. The minimum Gasteiger partial charge on any atom is -0.411 e. The second-order valence-electron chi connectivity index (χ2n) is 7.47. The molecule has 2 aromatic heterocycles. The molecule has 1 N–H and O–H groups in total. The summed E-state index contributed by atoms with van der Waals surface area (Å²) < 4.78 is 2.04. The largest absolute Gasteiger partial charge is 0.411 e. The first-order valence-electron chi connectivity index (χ1n) is 9.63. The summed E-state index contributed by atoms with van der Waals surface area (Å²) >= 11 is 0. The van der Waals surface area contributed by atoms with E-state index in [4.69, 9.17) is 5.10 Å². The molecule has 6 nitrogen and oxygen atoms in total. The van der Waals surface area contributed by atoms with Gasteiger partial charge >= 0.3 is 0 Å². The van der Waals surface area contributed by atoms with E-state index in [0.717, 1.165) is 66.0 Å². The normalized spacial score (nSPS) is 14.8. The summed E-state index contributed by atoms with van der Waals surface area (Å²) in [5.41, 5.74) is 7.35. The quantitative estimate of drug-likeness (QED) is 0.527. The van der Waals surface area contributed by atoms with E-state index in [2.05, 4.69) is 53.5 Å². The van der Waals surface area contributed by atoms with Crippen molar-refractivity contribution in [3.8, 4) is 22.4 Å². The molecule has 4 rings (SSSR count). The van der Waals surface area contributed by atoms with E-state index in [0.29, 0.717) is 0 Å². The minimum atomic E-state index is 0.773. The molecule has 6 heteroatoms. The van der Waals surface area contributed by atoms with E-state index in [1.807, 2.05) is 16.8 Å². The molecule has 0 bridgehead atoms. The molecule has 1 aliphatic carbocycles. The second kappa shape index (κ2) is 7.94. The number of hydrogen-bond acceptors (Lipinski definition) is 5. The van der Waals surface area contributed by atoms with Gasteiger partial charge in [0.15, 0.2) is 0 Å². The maximum Gasteiger partial charge on any atom is 0.100 e. The van der Waals surface area contributed by atoms with Gasteiger partial charge in [0, 0.05) is 41.8 Å². The van der Waals surface area contributed by atoms with Crippen LogP contribution in [0.15, 0.2) is 54.1 Å². The Kier molecular flexibility index (Phi) is 5.21. The summed E-state index contributed by atoms with van der Waals surface area (Å²) in [4.78, 5) is 6.33. The Labute approximate surface area is 165 Å². The van der Waals surface area contributed by atoms with Crippen molar-refractivity contribution in [3.63, 3.8) is 0 Å². The highest BCUT2D eigenvalue weighted by molar-refractivity contribution is 6.04. The number of fused-ring (bicyclic) bond motifs is 1. The standard InChI is InChI=1S/C22H25N5O/c1-26(2)12-3-13-27-15-20(22(24-27)16-8-10-23-11-9-16)18-4-6-19-17(14-18)5-7-21(19)25-28/h4,6,8-11,14-15,28H,3,5,7,12-13H2,1-2H3/b25-21+. The average Bonchev–Trinajstić information content (AvgIpc) is 3.32. The van der Waals surface area contributed by atoms with Crippen LogP contribution in [0, 0.1) is 0 Å². The molecule has 1 aliphatic rings. The molecular weight excluding hydrogens is 350 g/mol. The summed E-state index contributed by atoms with van der Waals surface area (Å²) in [6, 6.07) is 10.4. The topological polar surface area (TPSA) is 66.5 Å². The van der Waals surface area contributed by atoms with E-state index < -0.39 is 0 Å². The number of nitrogens with zero attached hydrogens (tertiary/aromatic N) is 5. The predicted octanol–water partition coefficient (Wildman–Crippen LogP) is 3.69. The van der Waals surface area contributed by atoms with Gasteiger partial charge in [0.2, 0.25) is 0 Å². The number of oxime groups is 1. The third-order valence-corrected chi connectivity index (χ3v) is 5.19. The number of aryl methyl sites for hydroxylation is 2. The molecule has 0 radical (unpaired) electrons. The lowest BCUT2D eigenvalue weighted by Crippen LogP contribution is -2.15. The van der Waals surface area contributed by atoms with Gasteiger partial charge < -0.3 is 10.1 Å².